The molecular formula is C20H25N3O3. The van der Waals surface area contributed by atoms with E-state index in [1.165, 1.54) is 0 Å². The Morgan fingerprint density at radius 3 is 2.88 bits per heavy atom. The molecule has 3 rings (SSSR count). The lowest BCUT2D eigenvalue weighted by Crippen LogP contribution is -2.36. The van der Waals surface area contributed by atoms with Crippen LogP contribution < -0.4 is 15.0 Å². The van der Waals surface area contributed by atoms with E-state index in [0.717, 1.165) is 50.4 Å². The van der Waals surface area contributed by atoms with Gasteiger partial charge >= 0.3 is 0 Å². The Labute approximate surface area is 154 Å². The number of anilines is 2. The number of nitrogens with zero attached hydrogens (tertiary/aromatic N) is 2. The van der Waals surface area contributed by atoms with Gasteiger partial charge in [0.2, 0.25) is 5.91 Å². The number of hydrogen-bond acceptors (Lipinski definition) is 5. The molecule has 6 heteroatoms. The van der Waals surface area contributed by atoms with Crippen LogP contribution in [0, 0.1) is 0 Å². The number of hydrogen-bond donors (Lipinski definition) is 1. The van der Waals surface area contributed by atoms with E-state index in [0.29, 0.717) is 17.9 Å². The minimum atomic E-state index is -0.00804. The standard InChI is InChI=1S/C20H25N3O3/c1-25-19-8-7-17(23-10-12-26-13-11-23)14-18(19)22-20(24)6-2-4-16-5-3-9-21-15-16/h3,5,7-9,14-15H,2,4,6,10-13H2,1H3,(H,22,24). The van der Waals surface area contributed by atoms with Crippen LogP contribution in [0.2, 0.25) is 0 Å². The predicted molar refractivity (Wildman–Crippen MR) is 102 cm³/mol. The molecule has 0 spiro atoms. The number of aryl methyl sites for hydroxylation is 1. The number of ether oxygens (including phenoxy) is 2. The van der Waals surface area contributed by atoms with Crippen molar-refractivity contribution in [1.29, 1.82) is 0 Å². The fourth-order valence-corrected chi connectivity index (χ4v) is 3.02. The molecular weight excluding hydrogens is 330 g/mol. The van der Waals surface area contributed by atoms with Gasteiger partial charge in [0, 0.05) is 37.6 Å². The van der Waals surface area contributed by atoms with E-state index in [-0.39, 0.29) is 5.91 Å². The molecule has 1 N–H and O–H groups in total. The van der Waals surface area contributed by atoms with E-state index < -0.39 is 0 Å². The molecule has 0 unspecified atom stereocenters. The highest BCUT2D eigenvalue weighted by molar-refractivity contribution is 5.93. The van der Waals surface area contributed by atoms with Crippen LogP contribution in [-0.4, -0.2) is 44.3 Å². The number of rotatable bonds is 7. The predicted octanol–water partition coefficient (Wildman–Crippen LogP) is 2.89. The van der Waals surface area contributed by atoms with Crippen LogP contribution in [0.1, 0.15) is 18.4 Å². The van der Waals surface area contributed by atoms with E-state index in [4.69, 9.17) is 9.47 Å². The van der Waals surface area contributed by atoms with Gasteiger partial charge in [-0.3, -0.25) is 9.78 Å². The van der Waals surface area contributed by atoms with Crippen molar-refractivity contribution in [2.45, 2.75) is 19.3 Å². The minimum Gasteiger partial charge on any atom is -0.495 e. The number of methoxy groups -OCH3 is 1. The quantitative estimate of drug-likeness (QED) is 0.827. The van der Waals surface area contributed by atoms with Gasteiger partial charge < -0.3 is 19.7 Å². The van der Waals surface area contributed by atoms with E-state index in [9.17, 15) is 4.79 Å². The molecule has 138 valence electrons. The van der Waals surface area contributed by atoms with Crippen molar-refractivity contribution in [3.8, 4) is 5.75 Å². The molecule has 0 radical (unpaired) electrons. The first kappa shape index (κ1) is 18.2. The first-order valence-electron chi connectivity index (χ1n) is 8.96. The maximum absolute atomic E-state index is 12.3. The average molecular weight is 355 g/mol. The second kappa shape index (κ2) is 9.20. The van der Waals surface area contributed by atoms with Gasteiger partial charge in [0.05, 0.1) is 26.0 Å². The van der Waals surface area contributed by atoms with E-state index in [1.807, 2.05) is 36.5 Å². The van der Waals surface area contributed by atoms with Crippen LogP contribution in [0.4, 0.5) is 11.4 Å². The first-order chi connectivity index (χ1) is 12.8. The summed E-state index contributed by atoms with van der Waals surface area (Å²) in [4.78, 5) is 18.7. The summed E-state index contributed by atoms with van der Waals surface area (Å²) >= 11 is 0. The number of aromatic nitrogens is 1. The van der Waals surface area contributed by atoms with E-state index >= 15 is 0 Å². The zero-order chi connectivity index (χ0) is 18.2. The third-order valence-electron chi connectivity index (χ3n) is 4.43. The highest BCUT2D eigenvalue weighted by Gasteiger charge is 2.14. The number of carbonyl (C=O) groups excluding carboxylic acids is 1. The lowest BCUT2D eigenvalue weighted by molar-refractivity contribution is -0.116. The van der Waals surface area contributed by atoms with Crippen molar-refractivity contribution in [3.05, 3.63) is 48.3 Å². The van der Waals surface area contributed by atoms with Gasteiger partial charge in [0.25, 0.3) is 0 Å². The van der Waals surface area contributed by atoms with Crippen LogP contribution in [0.25, 0.3) is 0 Å². The summed E-state index contributed by atoms with van der Waals surface area (Å²) < 4.78 is 10.8. The lowest BCUT2D eigenvalue weighted by atomic mass is 10.1. The Bertz CT molecular complexity index is 715. The van der Waals surface area contributed by atoms with Crippen LogP contribution in [0.3, 0.4) is 0 Å². The molecule has 1 aromatic carbocycles. The smallest absolute Gasteiger partial charge is 0.224 e. The fourth-order valence-electron chi connectivity index (χ4n) is 3.02. The van der Waals surface area contributed by atoms with Crippen molar-refractivity contribution in [2.24, 2.45) is 0 Å². The highest BCUT2D eigenvalue weighted by Crippen LogP contribution is 2.30. The molecule has 1 fully saturated rings. The highest BCUT2D eigenvalue weighted by atomic mass is 16.5. The molecule has 1 saturated heterocycles. The van der Waals surface area contributed by atoms with Crippen LogP contribution >= 0.6 is 0 Å². The van der Waals surface area contributed by atoms with Crippen LogP contribution in [0.15, 0.2) is 42.7 Å². The second-order valence-corrected chi connectivity index (χ2v) is 6.25. The number of morpholine rings is 1. The summed E-state index contributed by atoms with van der Waals surface area (Å²) in [5.74, 6) is 0.661. The average Bonchev–Trinajstić information content (AvgIpc) is 2.69. The number of pyridine rings is 1. The topological polar surface area (TPSA) is 63.7 Å². The number of amides is 1. The van der Waals surface area contributed by atoms with Crippen LogP contribution in [0.5, 0.6) is 5.75 Å². The molecule has 26 heavy (non-hydrogen) atoms. The van der Waals surface area contributed by atoms with Crippen molar-refractivity contribution in [2.75, 3.05) is 43.6 Å². The molecule has 0 bridgehead atoms. The van der Waals surface area contributed by atoms with Crippen molar-refractivity contribution in [1.82, 2.24) is 4.98 Å². The maximum Gasteiger partial charge on any atom is 0.224 e. The van der Waals surface area contributed by atoms with Gasteiger partial charge in [-0.25, -0.2) is 0 Å². The first-order valence-corrected chi connectivity index (χ1v) is 8.96. The molecule has 0 aliphatic carbocycles. The van der Waals surface area contributed by atoms with Gasteiger partial charge in [-0.15, -0.1) is 0 Å². The SMILES string of the molecule is COc1ccc(N2CCOCC2)cc1NC(=O)CCCc1cccnc1. The molecule has 2 heterocycles. The Balaban J connectivity index is 1.58. The van der Waals surface area contributed by atoms with Gasteiger partial charge in [-0.1, -0.05) is 6.07 Å². The Morgan fingerprint density at radius 1 is 1.31 bits per heavy atom. The third-order valence-corrected chi connectivity index (χ3v) is 4.43. The molecule has 2 aromatic rings. The Hall–Kier alpha value is -2.60. The van der Waals surface area contributed by atoms with Crippen molar-refractivity contribution >= 4 is 17.3 Å². The summed E-state index contributed by atoms with van der Waals surface area (Å²) in [6.07, 6.45) is 5.67. The van der Waals surface area contributed by atoms with Crippen molar-refractivity contribution in [3.63, 3.8) is 0 Å². The lowest BCUT2D eigenvalue weighted by Gasteiger charge is -2.29. The summed E-state index contributed by atoms with van der Waals surface area (Å²) in [6, 6.07) is 9.83. The summed E-state index contributed by atoms with van der Waals surface area (Å²) in [7, 11) is 1.61. The third kappa shape index (κ3) is 4.95. The van der Waals surface area contributed by atoms with Crippen molar-refractivity contribution < 1.29 is 14.3 Å². The van der Waals surface area contributed by atoms with E-state index in [2.05, 4.69) is 15.2 Å². The molecule has 6 nitrogen and oxygen atoms in total. The molecule has 1 aromatic heterocycles. The summed E-state index contributed by atoms with van der Waals surface area (Å²) in [6.45, 7) is 3.15. The molecule has 0 saturated carbocycles. The molecule has 1 aliphatic rings. The van der Waals surface area contributed by atoms with Gasteiger partial charge in [0.1, 0.15) is 5.75 Å². The largest absolute Gasteiger partial charge is 0.495 e. The fraction of sp³-hybridized carbons (Fsp3) is 0.400. The normalized spacial score (nSPS) is 14.1. The van der Waals surface area contributed by atoms with Gasteiger partial charge in [0.15, 0.2) is 0 Å². The second-order valence-electron chi connectivity index (χ2n) is 6.25. The van der Waals surface area contributed by atoms with E-state index in [1.54, 1.807) is 13.3 Å². The van der Waals surface area contributed by atoms with Gasteiger partial charge in [-0.2, -0.15) is 0 Å². The Kier molecular flexibility index (Phi) is 6.44. The van der Waals surface area contributed by atoms with Gasteiger partial charge in [-0.05, 0) is 42.7 Å². The summed E-state index contributed by atoms with van der Waals surface area (Å²) in [5, 5.41) is 2.99. The summed E-state index contributed by atoms with van der Waals surface area (Å²) in [5.41, 5.74) is 2.93. The zero-order valence-corrected chi connectivity index (χ0v) is 15.1. The Morgan fingerprint density at radius 2 is 2.15 bits per heavy atom. The monoisotopic (exact) mass is 355 g/mol. The molecule has 1 aliphatic heterocycles. The van der Waals surface area contributed by atoms with Crippen LogP contribution in [-0.2, 0) is 16.0 Å². The minimum absolute atomic E-state index is 0.00804. The number of nitrogens with one attached hydrogen (secondary N) is 1. The zero-order valence-electron chi connectivity index (χ0n) is 15.1. The maximum atomic E-state index is 12.3. The molecule has 1 amide bonds. The number of benzene rings is 1. The molecule has 0 atom stereocenters. The number of carbonyl (C=O) groups is 1.